The number of carbonyl (C=O) groups is 2. The van der Waals surface area contributed by atoms with Gasteiger partial charge in [-0.05, 0) is 23.8 Å². The lowest BCUT2D eigenvalue weighted by Gasteiger charge is -2.33. The third-order valence-electron chi connectivity index (χ3n) is 4.28. The summed E-state index contributed by atoms with van der Waals surface area (Å²) >= 11 is 0. The lowest BCUT2D eigenvalue weighted by Crippen LogP contribution is -2.54. The second-order valence-corrected chi connectivity index (χ2v) is 6.14. The van der Waals surface area contributed by atoms with E-state index in [0.29, 0.717) is 31.4 Å². The molecule has 0 aliphatic carbocycles. The number of rotatable bonds is 5. The Bertz CT molecular complexity index is 965. The van der Waals surface area contributed by atoms with Crippen molar-refractivity contribution in [3.63, 3.8) is 0 Å². The topological polar surface area (TPSA) is 104 Å². The van der Waals surface area contributed by atoms with Crippen LogP contribution in [0.2, 0.25) is 0 Å². The normalized spacial score (nSPS) is 14.3. The van der Waals surface area contributed by atoms with Gasteiger partial charge in [-0.25, -0.2) is 15.0 Å². The van der Waals surface area contributed by atoms with Crippen molar-refractivity contribution in [2.75, 3.05) is 23.3 Å². The van der Waals surface area contributed by atoms with Gasteiger partial charge >= 0.3 is 11.8 Å². The van der Waals surface area contributed by atoms with Gasteiger partial charge in [-0.2, -0.15) is 0 Å². The Kier molecular flexibility index (Phi) is 4.87. The highest BCUT2D eigenvalue weighted by Crippen LogP contribution is 2.18. The number of anilines is 3. The van der Waals surface area contributed by atoms with Crippen LogP contribution in [0.3, 0.4) is 0 Å². The average molecular weight is 375 g/mol. The zero-order valence-corrected chi connectivity index (χ0v) is 14.9. The van der Waals surface area contributed by atoms with Crippen LogP contribution in [-0.2, 0) is 16.1 Å². The van der Waals surface area contributed by atoms with Gasteiger partial charge in [0.2, 0.25) is 5.95 Å². The standard InChI is InChI=1S/C19H17N7O2/c27-17-18(28)26(16-12-20-8-9-21-16)11-10-25(17)13-14-2-4-15(5-3-14)24-19-22-6-1-7-23-19/h1-9,12H,10-11,13H2,(H,22,23,24). The van der Waals surface area contributed by atoms with Crippen LogP contribution in [0.1, 0.15) is 5.56 Å². The van der Waals surface area contributed by atoms with E-state index in [9.17, 15) is 9.59 Å². The third kappa shape index (κ3) is 3.78. The molecule has 0 unspecified atom stereocenters. The molecule has 2 aromatic heterocycles. The number of piperazine rings is 1. The van der Waals surface area contributed by atoms with Crippen molar-refractivity contribution in [3.8, 4) is 0 Å². The number of hydrogen-bond donors (Lipinski definition) is 1. The van der Waals surface area contributed by atoms with Crippen LogP contribution >= 0.6 is 0 Å². The molecule has 1 aromatic carbocycles. The van der Waals surface area contributed by atoms with Gasteiger partial charge in [0, 0.05) is 50.1 Å². The van der Waals surface area contributed by atoms with Crippen molar-refractivity contribution in [2.45, 2.75) is 6.54 Å². The molecular weight excluding hydrogens is 358 g/mol. The quantitative estimate of drug-likeness (QED) is 0.672. The fourth-order valence-corrected chi connectivity index (χ4v) is 2.88. The summed E-state index contributed by atoms with van der Waals surface area (Å²) in [5.74, 6) is -0.238. The van der Waals surface area contributed by atoms with Gasteiger partial charge in [0.15, 0.2) is 5.82 Å². The van der Waals surface area contributed by atoms with Crippen LogP contribution in [0.5, 0.6) is 0 Å². The number of carbonyl (C=O) groups excluding carboxylic acids is 2. The highest BCUT2D eigenvalue weighted by Gasteiger charge is 2.33. The Hall–Kier alpha value is -3.88. The molecule has 0 saturated carbocycles. The van der Waals surface area contributed by atoms with Gasteiger partial charge in [0.05, 0.1) is 6.20 Å². The van der Waals surface area contributed by atoms with Gasteiger partial charge < -0.3 is 10.2 Å². The molecular formula is C19H17N7O2. The summed E-state index contributed by atoms with van der Waals surface area (Å²) in [6.07, 6.45) is 7.81. The average Bonchev–Trinajstić information content (AvgIpc) is 2.74. The van der Waals surface area contributed by atoms with E-state index in [4.69, 9.17) is 0 Å². The van der Waals surface area contributed by atoms with E-state index in [0.717, 1.165) is 11.3 Å². The molecule has 3 heterocycles. The van der Waals surface area contributed by atoms with Crippen molar-refractivity contribution in [2.24, 2.45) is 0 Å². The van der Waals surface area contributed by atoms with E-state index in [1.165, 1.54) is 28.4 Å². The van der Waals surface area contributed by atoms with Crippen molar-refractivity contribution in [1.82, 2.24) is 24.8 Å². The summed E-state index contributed by atoms with van der Waals surface area (Å²) in [4.78, 5) is 44.1. The number of aromatic nitrogens is 4. The lowest BCUT2D eigenvalue weighted by atomic mass is 10.1. The summed E-state index contributed by atoms with van der Waals surface area (Å²) in [6, 6.07) is 9.31. The summed E-state index contributed by atoms with van der Waals surface area (Å²) in [5.41, 5.74) is 1.76. The van der Waals surface area contributed by atoms with Gasteiger partial charge in [0.1, 0.15) is 0 Å². The van der Waals surface area contributed by atoms with Crippen molar-refractivity contribution in [3.05, 3.63) is 66.9 Å². The minimum absolute atomic E-state index is 0.362. The lowest BCUT2D eigenvalue weighted by molar-refractivity contribution is -0.146. The van der Waals surface area contributed by atoms with Gasteiger partial charge in [-0.1, -0.05) is 12.1 Å². The molecule has 2 amide bonds. The first-order chi connectivity index (χ1) is 13.7. The number of amides is 2. The largest absolute Gasteiger partial charge is 0.328 e. The minimum Gasteiger partial charge on any atom is -0.328 e. The van der Waals surface area contributed by atoms with E-state index in [1.807, 2.05) is 24.3 Å². The Morgan fingerprint density at radius 3 is 2.39 bits per heavy atom. The van der Waals surface area contributed by atoms with Crippen LogP contribution in [0.4, 0.5) is 17.5 Å². The number of benzene rings is 1. The summed E-state index contributed by atoms with van der Waals surface area (Å²) in [6.45, 7) is 1.17. The molecule has 9 nitrogen and oxygen atoms in total. The van der Waals surface area contributed by atoms with Crippen LogP contribution in [0.25, 0.3) is 0 Å². The molecule has 140 valence electrons. The summed E-state index contributed by atoms with van der Waals surface area (Å²) in [5, 5.41) is 3.10. The molecule has 0 spiro atoms. The molecule has 3 aromatic rings. The van der Waals surface area contributed by atoms with Crippen LogP contribution in [-0.4, -0.2) is 49.7 Å². The van der Waals surface area contributed by atoms with Gasteiger partial charge in [-0.15, -0.1) is 0 Å². The SMILES string of the molecule is O=C1C(=O)N(c2cnccn2)CCN1Cc1ccc(Nc2ncccn2)cc1. The van der Waals surface area contributed by atoms with Crippen molar-refractivity contribution < 1.29 is 9.59 Å². The fraction of sp³-hybridized carbons (Fsp3) is 0.158. The van der Waals surface area contributed by atoms with Gasteiger partial charge in [-0.3, -0.25) is 19.5 Å². The first-order valence-corrected chi connectivity index (χ1v) is 8.70. The zero-order chi connectivity index (χ0) is 19.3. The number of hydrogen-bond acceptors (Lipinski definition) is 7. The smallest absolute Gasteiger partial charge is 0.317 e. The maximum absolute atomic E-state index is 12.5. The molecule has 28 heavy (non-hydrogen) atoms. The summed E-state index contributed by atoms with van der Waals surface area (Å²) < 4.78 is 0. The first kappa shape index (κ1) is 17.5. The van der Waals surface area contributed by atoms with Crippen LogP contribution < -0.4 is 10.2 Å². The van der Waals surface area contributed by atoms with E-state index < -0.39 is 11.8 Å². The second-order valence-electron chi connectivity index (χ2n) is 6.14. The highest BCUT2D eigenvalue weighted by atomic mass is 16.2. The van der Waals surface area contributed by atoms with E-state index >= 15 is 0 Å². The molecule has 1 saturated heterocycles. The Morgan fingerprint density at radius 1 is 0.893 bits per heavy atom. The minimum atomic E-state index is -0.591. The second kappa shape index (κ2) is 7.78. The molecule has 4 rings (SSSR count). The molecule has 0 radical (unpaired) electrons. The highest BCUT2D eigenvalue weighted by molar-refractivity contribution is 6.40. The molecule has 1 fully saturated rings. The molecule has 0 bridgehead atoms. The Labute approximate surface area is 161 Å². The monoisotopic (exact) mass is 375 g/mol. The molecule has 1 aliphatic rings. The van der Waals surface area contributed by atoms with Crippen LogP contribution in [0.15, 0.2) is 61.3 Å². The molecule has 0 atom stereocenters. The maximum Gasteiger partial charge on any atom is 0.317 e. The predicted octanol–water partition coefficient (Wildman–Crippen LogP) is 1.39. The van der Waals surface area contributed by atoms with Gasteiger partial charge in [0.25, 0.3) is 0 Å². The third-order valence-corrected chi connectivity index (χ3v) is 4.28. The number of nitrogens with zero attached hydrogens (tertiary/aromatic N) is 6. The molecule has 1 N–H and O–H groups in total. The fourth-order valence-electron chi connectivity index (χ4n) is 2.88. The molecule has 9 heteroatoms. The van der Waals surface area contributed by atoms with Crippen molar-refractivity contribution >= 4 is 29.3 Å². The van der Waals surface area contributed by atoms with E-state index in [1.54, 1.807) is 18.5 Å². The van der Waals surface area contributed by atoms with Crippen LogP contribution in [0, 0.1) is 0 Å². The maximum atomic E-state index is 12.5. The summed E-state index contributed by atoms with van der Waals surface area (Å²) in [7, 11) is 0. The first-order valence-electron chi connectivity index (χ1n) is 8.70. The molecule has 1 aliphatic heterocycles. The van der Waals surface area contributed by atoms with E-state index in [-0.39, 0.29) is 0 Å². The van der Waals surface area contributed by atoms with E-state index in [2.05, 4.69) is 25.3 Å². The van der Waals surface area contributed by atoms with Crippen molar-refractivity contribution in [1.29, 1.82) is 0 Å². The Morgan fingerprint density at radius 2 is 1.68 bits per heavy atom. The zero-order valence-electron chi connectivity index (χ0n) is 14.9. The number of nitrogens with one attached hydrogen (secondary N) is 1. The Balaban J connectivity index is 1.39. The predicted molar refractivity (Wildman–Crippen MR) is 102 cm³/mol.